The third kappa shape index (κ3) is 5.63. The van der Waals surface area contributed by atoms with Crippen LogP contribution in [0.25, 0.3) is 16.6 Å². The highest BCUT2D eigenvalue weighted by Gasteiger charge is 2.42. The van der Waals surface area contributed by atoms with Crippen LogP contribution < -0.4 is 16.8 Å². The molecule has 2 amide bonds. The summed E-state index contributed by atoms with van der Waals surface area (Å²) in [4.78, 5) is 37.5. The number of amides is 2. The predicted octanol–water partition coefficient (Wildman–Crippen LogP) is 2.89. The van der Waals surface area contributed by atoms with E-state index in [0.29, 0.717) is 22.2 Å². The number of imidazole rings is 1. The molecular formula is C25H26F3N7O2. The fourth-order valence-electron chi connectivity index (χ4n) is 4.60. The topological polar surface area (TPSA) is 141 Å². The van der Waals surface area contributed by atoms with E-state index in [0.717, 1.165) is 0 Å². The van der Waals surface area contributed by atoms with Crippen molar-refractivity contribution in [3.8, 4) is 0 Å². The zero-order valence-electron chi connectivity index (χ0n) is 20.0. The number of aromatic nitrogens is 3. The number of nitrogens with two attached hydrogens (primary N) is 2. The van der Waals surface area contributed by atoms with Crippen LogP contribution in [0.3, 0.4) is 0 Å². The van der Waals surface area contributed by atoms with Gasteiger partial charge in [-0.3, -0.25) is 14.6 Å². The van der Waals surface area contributed by atoms with Gasteiger partial charge in [0.05, 0.1) is 5.52 Å². The predicted molar refractivity (Wildman–Crippen MR) is 132 cm³/mol. The van der Waals surface area contributed by atoms with Crippen LogP contribution in [0.15, 0.2) is 41.7 Å². The number of aliphatic imine (C=N–C) groups is 1. The number of hydrogen-bond acceptors (Lipinski definition) is 6. The van der Waals surface area contributed by atoms with Gasteiger partial charge in [0.2, 0.25) is 11.8 Å². The van der Waals surface area contributed by atoms with Crippen molar-refractivity contribution >= 4 is 34.6 Å². The lowest BCUT2D eigenvalue weighted by Gasteiger charge is -2.14. The molecule has 12 heteroatoms. The Morgan fingerprint density at radius 2 is 2.11 bits per heavy atom. The van der Waals surface area contributed by atoms with Crippen molar-refractivity contribution in [1.82, 2.24) is 19.9 Å². The molecule has 194 valence electrons. The average Bonchev–Trinajstić information content (AvgIpc) is 3.39. The number of alkyl halides is 2. The molecule has 1 unspecified atom stereocenters. The van der Waals surface area contributed by atoms with Crippen molar-refractivity contribution in [3.63, 3.8) is 0 Å². The highest BCUT2D eigenvalue weighted by molar-refractivity contribution is 6.09. The first kappa shape index (κ1) is 25.9. The number of nitrogens with one attached hydrogen (secondary N) is 1. The van der Waals surface area contributed by atoms with Crippen LogP contribution in [0.4, 0.5) is 13.2 Å². The second-order valence-electron chi connectivity index (χ2n) is 8.89. The smallest absolute Gasteiger partial charge is 0.272 e. The third-order valence-electron chi connectivity index (χ3n) is 6.17. The number of fused-ring (bicyclic) bond motifs is 1. The summed E-state index contributed by atoms with van der Waals surface area (Å²) in [6.45, 7) is -0.394. The number of carbonyl (C=O) groups excluding carboxylic acids is 2. The van der Waals surface area contributed by atoms with Gasteiger partial charge in [-0.1, -0.05) is 0 Å². The molecule has 5 N–H and O–H groups in total. The second kappa shape index (κ2) is 10.4. The van der Waals surface area contributed by atoms with E-state index in [9.17, 15) is 22.8 Å². The number of allylic oxidation sites excluding steroid dienone is 1. The maximum Gasteiger partial charge on any atom is 0.272 e. The van der Waals surface area contributed by atoms with E-state index in [-0.39, 0.29) is 43.0 Å². The molecule has 0 spiro atoms. The van der Waals surface area contributed by atoms with Crippen LogP contribution in [-0.2, 0) is 17.9 Å². The molecule has 9 nitrogen and oxygen atoms in total. The molecule has 1 fully saturated rings. The van der Waals surface area contributed by atoms with Crippen molar-refractivity contribution in [2.24, 2.45) is 16.5 Å². The fourth-order valence-corrected chi connectivity index (χ4v) is 4.60. The summed E-state index contributed by atoms with van der Waals surface area (Å²) >= 11 is 0. The number of benzene rings is 1. The molecule has 37 heavy (non-hydrogen) atoms. The van der Waals surface area contributed by atoms with Crippen molar-refractivity contribution in [2.75, 3.05) is 7.05 Å². The maximum absolute atomic E-state index is 14.3. The first-order chi connectivity index (χ1) is 17.6. The summed E-state index contributed by atoms with van der Waals surface area (Å²) in [7, 11) is 1.56. The Hall–Kier alpha value is -4.22. The van der Waals surface area contributed by atoms with Gasteiger partial charge in [-0.25, -0.2) is 23.1 Å². The number of nitrogens with zero attached hydrogens (tertiary/aromatic N) is 4. The molecule has 1 saturated carbocycles. The van der Waals surface area contributed by atoms with Crippen molar-refractivity contribution in [1.29, 1.82) is 0 Å². The number of primary amides is 1. The van der Waals surface area contributed by atoms with E-state index in [4.69, 9.17) is 11.5 Å². The molecule has 1 aromatic carbocycles. The molecule has 2 heterocycles. The monoisotopic (exact) mass is 513 g/mol. The van der Waals surface area contributed by atoms with Gasteiger partial charge in [-0.2, -0.15) is 0 Å². The largest absolute Gasteiger partial charge is 0.404 e. The molecule has 0 radical (unpaired) electrons. The molecule has 0 bridgehead atoms. The number of halogens is 3. The number of hydrogen-bond donors (Lipinski definition) is 3. The zero-order valence-corrected chi connectivity index (χ0v) is 20.0. The molecule has 1 aliphatic rings. The lowest BCUT2D eigenvalue weighted by Crippen LogP contribution is -2.26. The van der Waals surface area contributed by atoms with Crippen molar-refractivity contribution in [3.05, 3.63) is 65.1 Å². The molecule has 1 atom stereocenters. The van der Waals surface area contributed by atoms with Gasteiger partial charge in [0, 0.05) is 56.5 Å². The Labute approximate surface area is 210 Å². The Bertz CT molecular complexity index is 1410. The summed E-state index contributed by atoms with van der Waals surface area (Å²) in [5.41, 5.74) is 13.0. The normalized spacial score (nSPS) is 17.5. The summed E-state index contributed by atoms with van der Waals surface area (Å²) < 4.78 is 43.5. The van der Waals surface area contributed by atoms with E-state index in [1.54, 1.807) is 13.1 Å². The lowest BCUT2D eigenvalue weighted by molar-refractivity contribution is -0.118. The maximum atomic E-state index is 14.3. The second-order valence-corrected chi connectivity index (χ2v) is 8.89. The van der Waals surface area contributed by atoms with Gasteiger partial charge in [-0.15, -0.1) is 0 Å². The van der Waals surface area contributed by atoms with Gasteiger partial charge in [0.15, 0.2) is 5.69 Å². The summed E-state index contributed by atoms with van der Waals surface area (Å²) in [5, 5.41) is 2.69. The van der Waals surface area contributed by atoms with E-state index in [1.807, 2.05) is 0 Å². The minimum absolute atomic E-state index is 0.0472. The number of pyridine rings is 1. The molecule has 0 aliphatic heterocycles. The van der Waals surface area contributed by atoms with E-state index < -0.39 is 35.9 Å². The van der Waals surface area contributed by atoms with Crippen LogP contribution in [-0.4, -0.2) is 45.5 Å². The van der Waals surface area contributed by atoms with E-state index in [2.05, 4.69) is 20.3 Å². The fraction of sp³-hybridized carbons (Fsp3) is 0.320. The highest BCUT2D eigenvalue weighted by atomic mass is 19.3. The van der Waals surface area contributed by atoms with Gasteiger partial charge in [-0.05, 0) is 41.8 Å². The zero-order chi connectivity index (χ0) is 26.7. The Morgan fingerprint density at radius 1 is 1.32 bits per heavy atom. The quantitative estimate of drug-likeness (QED) is 0.397. The molecule has 3 aromatic rings. The molecule has 2 aromatic heterocycles. The first-order valence-corrected chi connectivity index (χ1v) is 11.5. The van der Waals surface area contributed by atoms with Crippen LogP contribution in [0.2, 0.25) is 0 Å². The van der Waals surface area contributed by atoms with Gasteiger partial charge >= 0.3 is 0 Å². The molecular weight excluding hydrogens is 487 g/mol. The average molecular weight is 514 g/mol. The highest BCUT2D eigenvalue weighted by Crippen LogP contribution is 2.44. The molecule has 4 rings (SSSR count). The van der Waals surface area contributed by atoms with Gasteiger partial charge in [0.1, 0.15) is 23.7 Å². The molecule has 0 saturated heterocycles. The van der Waals surface area contributed by atoms with Gasteiger partial charge < -0.3 is 21.4 Å². The van der Waals surface area contributed by atoms with Crippen LogP contribution in [0.1, 0.15) is 52.6 Å². The van der Waals surface area contributed by atoms with Crippen LogP contribution >= 0.6 is 0 Å². The van der Waals surface area contributed by atoms with E-state index in [1.165, 1.54) is 41.4 Å². The summed E-state index contributed by atoms with van der Waals surface area (Å²) in [6.07, 6.45) is 3.64. The van der Waals surface area contributed by atoms with Crippen molar-refractivity contribution < 1.29 is 22.8 Å². The Balaban J connectivity index is 1.66. The minimum Gasteiger partial charge on any atom is -0.404 e. The minimum atomic E-state index is -2.83. The van der Waals surface area contributed by atoms with E-state index >= 15 is 0 Å². The Kier molecular flexibility index (Phi) is 7.28. The SMILES string of the molecule is CN=CC(=CN)c1cc(F)cc(CNC(=O)c2nccc3nc(C4CCC(F)(F)C4)n(CC(N)=O)c23)c1. The number of rotatable bonds is 8. The van der Waals surface area contributed by atoms with Crippen molar-refractivity contribution in [2.45, 2.75) is 44.2 Å². The van der Waals surface area contributed by atoms with Gasteiger partial charge in [0.25, 0.3) is 5.91 Å². The first-order valence-electron chi connectivity index (χ1n) is 11.5. The third-order valence-corrected chi connectivity index (χ3v) is 6.17. The van der Waals surface area contributed by atoms with Crippen LogP contribution in [0.5, 0.6) is 0 Å². The standard InChI is InChI=1S/C25H26F3N7O2/c1-31-12-17(10-29)16-6-14(7-18(26)8-16)11-33-24(37)21-22-19(3-5-32-21)34-23(35(22)13-20(30)36)15-2-4-25(27,28)9-15/h3,5-8,10,12,15H,2,4,9,11,13,29H2,1H3,(H2,30,36)(H,33,37). The number of carbonyl (C=O) groups is 2. The van der Waals surface area contributed by atoms with Crippen LogP contribution in [0, 0.1) is 5.82 Å². The Morgan fingerprint density at radius 3 is 2.76 bits per heavy atom. The molecule has 1 aliphatic carbocycles. The summed E-state index contributed by atoms with van der Waals surface area (Å²) in [6, 6.07) is 5.76. The summed E-state index contributed by atoms with van der Waals surface area (Å²) in [5.74, 6) is -5.02. The lowest BCUT2D eigenvalue weighted by atomic mass is 10.0.